The molecule has 1 heterocycles. The van der Waals surface area contributed by atoms with Crippen LogP contribution < -0.4 is 10.1 Å². The van der Waals surface area contributed by atoms with Crippen LogP contribution in [0.5, 0.6) is 5.75 Å². The summed E-state index contributed by atoms with van der Waals surface area (Å²) in [6, 6.07) is 7.54. The van der Waals surface area contributed by atoms with E-state index in [0.717, 1.165) is 11.3 Å². The zero-order valence-electron chi connectivity index (χ0n) is 14.9. The molecule has 138 valence electrons. The molecule has 0 saturated carbocycles. The van der Waals surface area contributed by atoms with E-state index in [4.69, 9.17) is 4.74 Å². The predicted octanol–water partition coefficient (Wildman–Crippen LogP) is 2.04. The molecular weight excluding hydrogens is 332 g/mol. The Balaban J connectivity index is 1.48. The average Bonchev–Trinajstić information content (AvgIpc) is 2.90. The Kier molecular flexibility index (Phi) is 5.71. The minimum Gasteiger partial charge on any atom is -0.494 e. The van der Waals surface area contributed by atoms with Crippen LogP contribution in [-0.2, 0) is 20.9 Å². The van der Waals surface area contributed by atoms with Crippen molar-refractivity contribution in [1.82, 2.24) is 10.2 Å². The van der Waals surface area contributed by atoms with Crippen molar-refractivity contribution in [3.63, 3.8) is 0 Å². The third-order valence-corrected chi connectivity index (χ3v) is 4.86. The molecule has 3 amide bonds. The van der Waals surface area contributed by atoms with Gasteiger partial charge in [0.1, 0.15) is 5.75 Å². The lowest BCUT2D eigenvalue weighted by Crippen LogP contribution is -2.35. The van der Waals surface area contributed by atoms with Gasteiger partial charge in [0.15, 0.2) is 0 Å². The quantitative estimate of drug-likeness (QED) is 0.599. The summed E-state index contributed by atoms with van der Waals surface area (Å²) in [5.74, 6) is -0.166. The van der Waals surface area contributed by atoms with Crippen LogP contribution in [0.1, 0.15) is 31.7 Å². The number of fused-ring (bicyclic) bond motifs is 1. The molecule has 0 bridgehead atoms. The van der Waals surface area contributed by atoms with Gasteiger partial charge in [-0.1, -0.05) is 24.3 Å². The maximum absolute atomic E-state index is 12.4. The van der Waals surface area contributed by atoms with Crippen molar-refractivity contribution in [3.8, 4) is 5.75 Å². The third kappa shape index (κ3) is 3.95. The van der Waals surface area contributed by atoms with Gasteiger partial charge in [-0.05, 0) is 37.5 Å². The summed E-state index contributed by atoms with van der Waals surface area (Å²) in [5, 5.41) is 2.83. The van der Waals surface area contributed by atoms with E-state index in [1.54, 1.807) is 0 Å². The number of amides is 3. The lowest BCUT2D eigenvalue weighted by atomic mass is 9.85. The van der Waals surface area contributed by atoms with Crippen molar-refractivity contribution in [2.75, 3.05) is 13.2 Å². The monoisotopic (exact) mass is 356 g/mol. The number of carbonyl (C=O) groups excluding carboxylic acids is 3. The van der Waals surface area contributed by atoms with Gasteiger partial charge in [-0.3, -0.25) is 19.3 Å². The van der Waals surface area contributed by atoms with E-state index in [1.807, 2.05) is 43.3 Å². The molecule has 1 aromatic rings. The van der Waals surface area contributed by atoms with Crippen LogP contribution in [0.25, 0.3) is 0 Å². The summed E-state index contributed by atoms with van der Waals surface area (Å²) in [4.78, 5) is 38.1. The van der Waals surface area contributed by atoms with E-state index in [9.17, 15) is 14.4 Å². The fourth-order valence-electron chi connectivity index (χ4n) is 3.50. The summed E-state index contributed by atoms with van der Waals surface area (Å²) in [7, 11) is 0. The smallest absolute Gasteiger partial charge is 0.233 e. The molecule has 0 spiro atoms. The number of nitrogens with zero attached hydrogens (tertiary/aromatic N) is 1. The fraction of sp³-hybridized carbons (Fsp3) is 0.450. The predicted molar refractivity (Wildman–Crippen MR) is 96.1 cm³/mol. The van der Waals surface area contributed by atoms with Crippen molar-refractivity contribution < 1.29 is 19.1 Å². The van der Waals surface area contributed by atoms with Gasteiger partial charge in [0.2, 0.25) is 17.7 Å². The van der Waals surface area contributed by atoms with Crippen LogP contribution >= 0.6 is 0 Å². The minimum absolute atomic E-state index is 0.121. The SMILES string of the molecule is CCOc1cccc(CNC(=O)CCN2C(=O)C3CC=CCC3C2=O)c1. The first kappa shape index (κ1) is 18.2. The van der Waals surface area contributed by atoms with Crippen LogP contribution in [0.3, 0.4) is 0 Å². The van der Waals surface area contributed by atoms with Gasteiger partial charge in [0, 0.05) is 19.5 Å². The van der Waals surface area contributed by atoms with Crippen LogP contribution in [0.4, 0.5) is 0 Å². The second-order valence-electron chi connectivity index (χ2n) is 6.59. The molecule has 3 rings (SSSR count). The van der Waals surface area contributed by atoms with Gasteiger partial charge in [0.25, 0.3) is 0 Å². The highest BCUT2D eigenvalue weighted by Crippen LogP contribution is 2.34. The number of nitrogens with one attached hydrogen (secondary N) is 1. The van der Waals surface area contributed by atoms with Gasteiger partial charge in [-0.15, -0.1) is 0 Å². The standard InChI is InChI=1S/C20H24N2O4/c1-2-26-15-7-5-6-14(12-15)13-21-18(23)10-11-22-19(24)16-8-3-4-9-17(16)20(22)25/h3-7,12,16-17H,2,8-11,13H2,1H3,(H,21,23). The Labute approximate surface area is 153 Å². The highest BCUT2D eigenvalue weighted by atomic mass is 16.5. The topological polar surface area (TPSA) is 75.7 Å². The van der Waals surface area contributed by atoms with Crippen molar-refractivity contribution in [1.29, 1.82) is 0 Å². The van der Waals surface area contributed by atoms with Crippen LogP contribution in [-0.4, -0.2) is 35.8 Å². The molecule has 1 N–H and O–H groups in total. The molecule has 26 heavy (non-hydrogen) atoms. The van der Waals surface area contributed by atoms with Crippen molar-refractivity contribution >= 4 is 17.7 Å². The second kappa shape index (κ2) is 8.17. The number of ether oxygens (including phenoxy) is 1. The van der Waals surface area contributed by atoms with E-state index >= 15 is 0 Å². The number of hydrogen-bond donors (Lipinski definition) is 1. The van der Waals surface area contributed by atoms with E-state index in [0.29, 0.717) is 26.0 Å². The lowest BCUT2D eigenvalue weighted by molar-refractivity contribution is -0.140. The maximum Gasteiger partial charge on any atom is 0.233 e. The van der Waals surface area contributed by atoms with Gasteiger partial charge in [-0.2, -0.15) is 0 Å². The Morgan fingerprint density at radius 1 is 1.19 bits per heavy atom. The molecule has 6 nitrogen and oxygen atoms in total. The van der Waals surface area contributed by atoms with E-state index in [-0.39, 0.29) is 42.5 Å². The maximum atomic E-state index is 12.4. The summed E-state index contributed by atoms with van der Waals surface area (Å²) >= 11 is 0. The largest absolute Gasteiger partial charge is 0.494 e. The summed E-state index contributed by atoms with van der Waals surface area (Å²) in [6.45, 7) is 3.04. The van der Waals surface area contributed by atoms with E-state index in [1.165, 1.54) is 4.90 Å². The first-order valence-electron chi connectivity index (χ1n) is 9.08. The number of carbonyl (C=O) groups is 3. The molecule has 2 unspecified atom stereocenters. The van der Waals surface area contributed by atoms with Crippen molar-refractivity contribution in [2.45, 2.75) is 32.7 Å². The first-order valence-corrected chi connectivity index (χ1v) is 9.08. The van der Waals surface area contributed by atoms with Crippen LogP contribution in [0.15, 0.2) is 36.4 Å². The number of allylic oxidation sites excluding steroid dienone is 2. The summed E-state index contributed by atoms with van der Waals surface area (Å²) in [5.41, 5.74) is 0.940. The molecule has 1 aliphatic heterocycles. The normalized spacial score (nSPS) is 21.7. The lowest BCUT2D eigenvalue weighted by Gasteiger charge is -2.14. The molecule has 1 fully saturated rings. The third-order valence-electron chi connectivity index (χ3n) is 4.86. The summed E-state index contributed by atoms with van der Waals surface area (Å²) < 4.78 is 5.44. The Hall–Kier alpha value is -2.63. The molecule has 2 atom stereocenters. The first-order chi connectivity index (χ1) is 12.6. The number of benzene rings is 1. The fourth-order valence-corrected chi connectivity index (χ4v) is 3.50. The van der Waals surface area contributed by atoms with Gasteiger partial charge >= 0.3 is 0 Å². The molecular formula is C20H24N2O4. The average molecular weight is 356 g/mol. The highest BCUT2D eigenvalue weighted by Gasteiger charge is 2.46. The Morgan fingerprint density at radius 3 is 2.54 bits per heavy atom. The summed E-state index contributed by atoms with van der Waals surface area (Å²) in [6.07, 6.45) is 5.27. The molecule has 2 aliphatic rings. The molecule has 6 heteroatoms. The van der Waals surface area contributed by atoms with Crippen LogP contribution in [0, 0.1) is 11.8 Å². The van der Waals surface area contributed by atoms with E-state index < -0.39 is 0 Å². The molecule has 1 aromatic carbocycles. The van der Waals surface area contributed by atoms with Crippen molar-refractivity contribution in [3.05, 3.63) is 42.0 Å². The molecule has 0 radical (unpaired) electrons. The number of likely N-dealkylation sites (tertiary alicyclic amines) is 1. The van der Waals surface area contributed by atoms with E-state index in [2.05, 4.69) is 5.32 Å². The van der Waals surface area contributed by atoms with Gasteiger partial charge in [-0.25, -0.2) is 0 Å². The van der Waals surface area contributed by atoms with Crippen molar-refractivity contribution in [2.24, 2.45) is 11.8 Å². The zero-order chi connectivity index (χ0) is 18.5. The molecule has 1 saturated heterocycles. The zero-order valence-corrected chi connectivity index (χ0v) is 14.9. The highest BCUT2D eigenvalue weighted by molar-refractivity contribution is 6.05. The van der Waals surface area contributed by atoms with Gasteiger partial charge in [0.05, 0.1) is 18.4 Å². The van der Waals surface area contributed by atoms with Crippen LogP contribution in [0.2, 0.25) is 0 Å². The number of rotatable bonds is 7. The number of hydrogen-bond acceptors (Lipinski definition) is 4. The second-order valence-corrected chi connectivity index (χ2v) is 6.59. The Morgan fingerprint density at radius 2 is 1.88 bits per heavy atom. The Bertz CT molecular complexity index is 702. The number of imide groups is 1. The minimum atomic E-state index is -0.239. The molecule has 0 aromatic heterocycles. The van der Waals surface area contributed by atoms with Gasteiger partial charge < -0.3 is 10.1 Å². The molecule has 1 aliphatic carbocycles.